The van der Waals surface area contributed by atoms with Crippen molar-refractivity contribution in [2.75, 3.05) is 0 Å². The minimum atomic E-state index is -1.13. The van der Waals surface area contributed by atoms with Gasteiger partial charge in [-0.05, 0) is 38.0 Å². The number of amides is 1. The Bertz CT molecular complexity index is 516. The molecule has 0 aliphatic heterocycles. The van der Waals surface area contributed by atoms with Crippen LogP contribution < -0.4 is 5.32 Å². The molecule has 116 valence electrons. The summed E-state index contributed by atoms with van der Waals surface area (Å²) in [5.41, 5.74) is -0.709. The lowest BCUT2D eigenvalue weighted by Gasteiger charge is -2.36. The molecule has 0 spiro atoms. The maximum Gasteiger partial charge on any atom is 0.329 e. The molecule has 2 N–H and O–H groups in total. The van der Waals surface area contributed by atoms with Crippen LogP contribution in [0, 0.1) is 5.92 Å². The summed E-state index contributed by atoms with van der Waals surface area (Å²) in [4.78, 5) is 23.9. The highest BCUT2D eigenvalue weighted by Gasteiger charge is 2.42. The summed E-state index contributed by atoms with van der Waals surface area (Å²) in [6.45, 7) is 4.89. The van der Waals surface area contributed by atoms with Gasteiger partial charge in [0.25, 0.3) is 5.91 Å². The summed E-state index contributed by atoms with van der Waals surface area (Å²) in [5, 5.41) is 16.4. The molecule has 1 aliphatic rings. The number of aliphatic carboxylic acids is 1. The van der Waals surface area contributed by atoms with Crippen LogP contribution in [0.4, 0.5) is 0 Å². The molecule has 0 saturated heterocycles. The molecular weight excluding hydrogens is 270 g/mol. The quantitative estimate of drug-likeness (QED) is 0.870. The number of nitrogens with one attached hydrogen (secondary N) is 1. The van der Waals surface area contributed by atoms with Crippen LogP contribution in [-0.4, -0.2) is 32.3 Å². The lowest BCUT2D eigenvalue weighted by Crippen LogP contribution is -2.56. The fourth-order valence-corrected chi connectivity index (χ4v) is 2.77. The normalized spacial score (nSPS) is 25.5. The first-order valence-electron chi connectivity index (χ1n) is 7.55. The third-order valence-electron chi connectivity index (χ3n) is 4.24. The molecule has 6 nitrogen and oxygen atoms in total. The molecule has 0 aromatic carbocycles. The van der Waals surface area contributed by atoms with E-state index in [1.165, 1.54) is 6.20 Å². The first-order valence-corrected chi connectivity index (χ1v) is 7.55. The molecule has 0 atom stereocenters. The van der Waals surface area contributed by atoms with Gasteiger partial charge in [-0.3, -0.25) is 9.48 Å². The van der Waals surface area contributed by atoms with E-state index in [2.05, 4.69) is 17.3 Å². The van der Waals surface area contributed by atoms with E-state index in [9.17, 15) is 14.7 Å². The van der Waals surface area contributed by atoms with E-state index in [4.69, 9.17) is 0 Å². The van der Waals surface area contributed by atoms with E-state index in [1.54, 1.807) is 10.9 Å². The molecule has 1 heterocycles. The predicted molar refractivity (Wildman–Crippen MR) is 78.0 cm³/mol. The van der Waals surface area contributed by atoms with Crippen LogP contribution in [0.25, 0.3) is 0 Å². The predicted octanol–water partition coefficient (Wildman–Crippen LogP) is 2.06. The highest BCUT2D eigenvalue weighted by Crippen LogP contribution is 2.32. The van der Waals surface area contributed by atoms with E-state index in [-0.39, 0.29) is 5.91 Å². The Morgan fingerprint density at radius 1 is 1.48 bits per heavy atom. The average molecular weight is 293 g/mol. The molecule has 0 unspecified atom stereocenters. The Balaban J connectivity index is 2.09. The van der Waals surface area contributed by atoms with Gasteiger partial charge in [0.1, 0.15) is 5.54 Å². The summed E-state index contributed by atoms with van der Waals surface area (Å²) < 4.78 is 1.70. The number of carboxylic acid groups (broad SMARTS) is 1. The molecule has 1 saturated carbocycles. The second-order valence-corrected chi connectivity index (χ2v) is 6.02. The van der Waals surface area contributed by atoms with Crippen molar-refractivity contribution in [2.45, 2.75) is 58.0 Å². The second kappa shape index (κ2) is 6.28. The number of aromatic nitrogens is 2. The standard InChI is InChI=1S/C15H23N3O3/c1-3-8-18-10-12(9-16-18)13(19)17-15(14(20)21)6-4-11(2)5-7-15/h9-11H,3-8H2,1-2H3,(H,17,19)(H,20,21). The Hall–Kier alpha value is -1.85. The second-order valence-electron chi connectivity index (χ2n) is 6.02. The fourth-order valence-electron chi connectivity index (χ4n) is 2.77. The third kappa shape index (κ3) is 3.43. The Morgan fingerprint density at radius 3 is 2.71 bits per heavy atom. The summed E-state index contributed by atoms with van der Waals surface area (Å²) in [7, 11) is 0. The molecule has 21 heavy (non-hydrogen) atoms. The van der Waals surface area contributed by atoms with Gasteiger partial charge in [0.2, 0.25) is 0 Å². The molecule has 1 aromatic rings. The van der Waals surface area contributed by atoms with Crippen molar-refractivity contribution in [3.05, 3.63) is 18.0 Å². The molecule has 6 heteroatoms. The summed E-state index contributed by atoms with van der Waals surface area (Å²) >= 11 is 0. The van der Waals surface area contributed by atoms with Crippen molar-refractivity contribution < 1.29 is 14.7 Å². The van der Waals surface area contributed by atoms with Crippen molar-refractivity contribution in [3.8, 4) is 0 Å². The Labute approximate surface area is 124 Å². The monoisotopic (exact) mass is 293 g/mol. The van der Waals surface area contributed by atoms with Gasteiger partial charge in [-0.15, -0.1) is 0 Å². The van der Waals surface area contributed by atoms with Crippen LogP contribution in [0.3, 0.4) is 0 Å². The number of carbonyl (C=O) groups is 2. The van der Waals surface area contributed by atoms with Crippen LogP contribution in [0.15, 0.2) is 12.4 Å². The van der Waals surface area contributed by atoms with Gasteiger partial charge in [0, 0.05) is 12.7 Å². The van der Waals surface area contributed by atoms with Crippen LogP contribution in [0.2, 0.25) is 0 Å². The van der Waals surface area contributed by atoms with Gasteiger partial charge >= 0.3 is 5.97 Å². The van der Waals surface area contributed by atoms with Crippen LogP contribution in [-0.2, 0) is 11.3 Å². The van der Waals surface area contributed by atoms with Crippen molar-refractivity contribution >= 4 is 11.9 Å². The van der Waals surface area contributed by atoms with E-state index in [0.717, 1.165) is 25.8 Å². The number of hydrogen-bond donors (Lipinski definition) is 2. The van der Waals surface area contributed by atoms with Gasteiger partial charge in [0.05, 0.1) is 11.8 Å². The molecule has 0 radical (unpaired) electrons. The van der Waals surface area contributed by atoms with Crippen molar-refractivity contribution in [3.63, 3.8) is 0 Å². The van der Waals surface area contributed by atoms with Gasteiger partial charge in [-0.2, -0.15) is 5.10 Å². The van der Waals surface area contributed by atoms with Gasteiger partial charge < -0.3 is 10.4 Å². The lowest BCUT2D eigenvalue weighted by molar-refractivity contribution is -0.146. The van der Waals surface area contributed by atoms with E-state index in [1.807, 2.05) is 6.92 Å². The third-order valence-corrected chi connectivity index (χ3v) is 4.24. The molecule has 1 aromatic heterocycles. The maximum absolute atomic E-state index is 12.3. The fraction of sp³-hybridized carbons (Fsp3) is 0.667. The summed E-state index contributed by atoms with van der Waals surface area (Å²) in [6, 6.07) is 0. The molecular formula is C15H23N3O3. The Kier molecular flexibility index (Phi) is 4.65. The number of carboxylic acids is 1. The minimum Gasteiger partial charge on any atom is -0.480 e. The summed E-state index contributed by atoms with van der Waals surface area (Å²) in [5.74, 6) is -0.778. The Morgan fingerprint density at radius 2 is 2.14 bits per heavy atom. The zero-order valence-corrected chi connectivity index (χ0v) is 12.6. The highest BCUT2D eigenvalue weighted by atomic mass is 16.4. The molecule has 2 rings (SSSR count). The van der Waals surface area contributed by atoms with Crippen LogP contribution >= 0.6 is 0 Å². The SMILES string of the molecule is CCCn1cc(C(=O)NC2(C(=O)O)CCC(C)CC2)cn1. The molecule has 1 aliphatic carbocycles. The number of hydrogen-bond acceptors (Lipinski definition) is 3. The lowest BCUT2D eigenvalue weighted by atomic mass is 9.77. The van der Waals surface area contributed by atoms with Crippen LogP contribution in [0.5, 0.6) is 0 Å². The molecule has 1 fully saturated rings. The first kappa shape index (κ1) is 15.5. The number of carbonyl (C=O) groups excluding carboxylic acids is 1. The maximum atomic E-state index is 12.3. The summed E-state index contributed by atoms with van der Waals surface area (Å²) in [6.07, 6.45) is 6.70. The van der Waals surface area contributed by atoms with Crippen molar-refractivity contribution in [1.29, 1.82) is 0 Å². The van der Waals surface area contributed by atoms with Crippen molar-refractivity contribution in [2.24, 2.45) is 5.92 Å². The average Bonchev–Trinajstić information content (AvgIpc) is 2.90. The highest BCUT2D eigenvalue weighted by molar-refractivity contribution is 5.97. The van der Waals surface area contributed by atoms with Crippen LogP contribution in [0.1, 0.15) is 56.3 Å². The van der Waals surface area contributed by atoms with Gasteiger partial charge in [-0.1, -0.05) is 13.8 Å². The largest absolute Gasteiger partial charge is 0.480 e. The number of aryl methyl sites for hydroxylation is 1. The smallest absolute Gasteiger partial charge is 0.329 e. The van der Waals surface area contributed by atoms with E-state index < -0.39 is 11.5 Å². The minimum absolute atomic E-state index is 0.352. The van der Waals surface area contributed by atoms with E-state index >= 15 is 0 Å². The van der Waals surface area contributed by atoms with Gasteiger partial charge in [0.15, 0.2) is 0 Å². The topological polar surface area (TPSA) is 84.2 Å². The van der Waals surface area contributed by atoms with Gasteiger partial charge in [-0.25, -0.2) is 4.79 Å². The molecule has 1 amide bonds. The number of nitrogens with zero attached hydrogens (tertiary/aromatic N) is 2. The first-order chi connectivity index (χ1) is 9.97. The molecule has 0 bridgehead atoms. The number of rotatable bonds is 5. The zero-order chi connectivity index (χ0) is 15.5. The van der Waals surface area contributed by atoms with Crippen molar-refractivity contribution in [1.82, 2.24) is 15.1 Å². The van der Waals surface area contributed by atoms with E-state index in [0.29, 0.717) is 24.3 Å². The zero-order valence-electron chi connectivity index (χ0n) is 12.6.